The summed E-state index contributed by atoms with van der Waals surface area (Å²) in [6.45, 7) is 1.87. The second kappa shape index (κ2) is 4.53. The lowest BCUT2D eigenvalue weighted by atomic mass is 9.93. The Balaban J connectivity index is 2.60. The standard InChI is InChI=1S/C14H13NO3/c1-8-11(6-14(16)17)10-4-3-9(18-2)5-12(10)13(8)7-15/h3-6,8,13H,1-2H3,(H,16,17). The number of carbonyl (C=O) groups is 1. The molecule has 0 amide bonds. The molecule has 0 radical (unpaired) electrons. The highest BCUT2D eigenvalue weighted by Crippen LogP contribution is 2.46. The first-order valence-electron chi connectivity index (χ1n) is 5.61. The predicted molar refractivity (Wildman–Crippen MR) is 66.1 cm³/mol. The lowest BCUT2D eigenvalue weighted by molar-refractivity contribution is -0.131. The quantitative estimate of drug-likeness (QED) is 0.810. The number of aliphatic carboxylic acids is 1. The number of fused-ring (bicyclic) bond motifs is 1. The summed E-state index contributed by atoms with van der Waals surface area (Å²) in [6.07, 6.45) is 1.19. The molecular weight excluding hydrogens is 230 g/mol. The number of nitriles is 1. The summed E-state index contributed by atoms with van der Waals surface area (Å²) in [7, 11) is 1.56. The van der Waals surface area contributed by atoms with Crippen LogP contribution in [0.4, 0.5) is 0 Å². The summed E-state index contributed by atoms with van der Waals surface area (Å²) in [5.74, 6) is -0.746. The predicted octanol–water partition coefficient (Wildman–Crippen LogP) is 2.42. The summed E-state index contributed by atoms with van der Waals surface area (Å²) in [5, 5.41) is 18.1. The third-order valence-corrected chi connectivity index (χ3v) is 3.31. The third kappa shape index (κ3) is 1.84. The van der Waals surface area contributed by atoms with Crippen LogP contribution in [-0.4, -0.2) is 18.2 Å². The van der Waals surface area contributed by atoms with Gasteiger partial charge in [0.2, 0.25) is 0 Å². The van der Waals surface area contributed by atoms with Crippen LogP contribution in [0.3, 0.4) is 0 Å². The molecule has 2 atom stereocenters. The van der Waals surface area contributed by atoms with E-state index in [4.69, 9.17) is 9.84 Å². The van der Waals surface area contributed by atoms with Gasteiger partial charge >= 0.3 is 5.97 Å². The molecule has 18 heavy (non-hydrogen) atoms. The van der Waals surface area contributed by atoms with Gasteiger partial charge in [0.25, 0.3) is 0 Å². The van der Waals surface area contributed by atoms with Crippen LogP contribution in [0, 0.1) is 17.2 Å². The molecule has 0 spiro atoms. The summed E-state index contributed by atoms with van der Waals surface area (Å²) in [5.41, 5.74) is 2.38. The van der Waals surface area contributed by atoms with Gasteiger partial charge in [0.1, 0.15) is 5.75 Å². The van der Waals surface area contributed by atoms with Crippen molar-refractivity contribution in [3.05, 3.63) is 35.4 Å². The Hall–Kier alpha value is -2.28. The fraction of sp³-hybridized carbons (Fsp3) is 0.286. The van der Waals surface area contributed by atoms with Crippen molar-refractivity contribution in [3.8, 4) is 11.8 Å². The van der Waals surface area contributed by atoms with Gasteiger partial charge < -0.3 is 9.84 Å². The molecule has 0 saturated heterocycles. The molecule has 4 nitrogen and oxygen atoms in total. The topological polar surface area (TPSA) is 70.3 Å². The van der Waals surface area contributed by atoms with Crippen LogP contribution in [0.1, 0.15) is 24.0 Å². The van der Waals surface area contributed by atoms with Crippen molar-refractivity contribution in [1.29, 1.82) is 5.26 Å². The number of rotatable bonds is 2. The summed E-state index contributed by atoms with van der Waals surface area (Å²) in [6, 6.07) is 7.64. The molecule has 1 aliphatic carbocycles. The van der Waals surface area contributed by atoms with Crippen molar-refractivity contribution in [2.75, 3.05) is 7.11 Å². The number of benzene rings is 1. The molecule has 0 saturated carbocycles. The average Bonchev–Trinajstić information content (AvgIpc) is 2.61. The van der Waals surface area contributed by atoms with E-state index in [-0.39, 0.29) is 11.8 Å². The molecule has 0 heterocycles. The SMILES string of the molecule is COc1ccc2c(c1)C(C#N)C(C)C2=CC(=O)O. The molecule has 0 fully saturated rings. The number of ether oxygens (including phenoxy) is 1. The first-order valence-corrected chi connectivity index (χ1v) is 5.61. The largest absolute Gasteiger partial charge is 0.497 e. The van der Waals surface area contributed by atoms with E-state index in [9.17, 15) is 10.1 Å². The second-order valence-corrected chi connectivity index (χ2v) is 4.29. The highest BCUT2D eigenvalue weighted by Gasteiger charge is 2.34. The van der Waals surface area contributed by atoms with Crippen LogP contribution in [0.5, 0.6) is 5.75 Å². The normalized spacial score (nSPS) is 23.5. The van der Waals surface area contributed by atoms with E-state index >= 15 is 0 Å². The minimum absolute atomic E-state index is 0.117. The summed E-state index contributed by atoms with van der Waals surface area (Å²) in [4.78, 5) is 10.8. The molecule has 1 aliphatic rings. The Kier molecular flexibility index (Phi) is 3.07. The zero-order chi connectivity index (χ0) is 13.3. The molecule has 92 valence electrons. The van der Waals surface area contributed by atoms with Crippen molar-refractivity contribution in [3.63, 3.8) is 0 Å². The van der Waals surface area contributed by atoms with Gasteiger partial charge in [0.15, 0.2) is 0 Å². The molecule has 0 bridgehead atoms. The summed E-state index contributed by atoms with van der Waals surface area (Å²) < 4.78 is 5.14. The number of hydrogen-bond acceptors (Lipinski definition) is 3. The third-order valence-electron chi connectivity index (χ3n) is 3.31. The van der Waals surface area contributed by atoms with Crippen LogP contribution in [0.15, 0.2) is 24.3 Å². The van der Waals surface area contributed by atoms with Crippen LogP contribution in [-0.2, 0) is 4.79 Å². The second-order valence-electron chi connectivity index (χ2n) is 4.29. The zero-order valence-corrected chi connectivity index (χ0v) is 10.2. The Morgan fingerprint density at radius 2 is 2.28 bits per heavy atom. The highest BCUT2D eigenvalue weighted by molar-refractivity contribution is 5.93. The molecule has 1 N–H and O–H groups in total. The molecule has 0 aromatic heterocycles. The maximum Gasteiger partial charge on any atom is 0.328 e. The fourth-order valence-corrected chi connectivity index (χ4v) is 2.41. The number of carboxylic acids is 1. The lowest BCUT2D eigenvalue weighted by Crippen LogP contribution is -2.01. The van der Waals surface area contributed by atoms with Crippen LogP contribution in [0.2, 0.25) is 0 Å². The molecule has 4 heteroatoms. The van der Waals surface area contributed by atoms with Crippen molar-refractivity contribution in [2.24, 2.45) is 5.92 Å². The van der Waals surface area contributed by atoms with E-state index < -0.39 is 5.97 Å². The van der Waals surface area contributed by atoms with E-state index in [0.717, 1.165) is 11.1 Å². The molecule has 2 unspecified atom stereocenters. The van der Waals surface area contributed by atoms with Gasteiger partial charge in [0, 0.05) is 12.0 Å². The smallest absolute Gasteiger partial charge is 0.328 e. The monoisotopic (exact) mass is 243 g/mol. The Bertz CT molecular complexity index is 569. The first kappa shape index (κ1) is 12.2. The van der Waals surface area contributed by atoms with Gasteiger partial charge in [-0.2, -0.15) is 5.26 Å². The maximum atomic E-state index is 10.8. The number of methoxy groups -OCH3 is 1. The van der Waals surface area contributed by atoms with Gasteiger partial charge in [-0.25, -0.2) is 4.79 Å². The van der Waals surface area contributed by atoms with E-state index in [0.29, 0.717) is 11.3 Å². The van der Waals surface area contributed by atoms with Gasteiger partial charge in [-0.1, -0.05) is 13.0 Å². The van der Waals surface area contributed by atoms with E-state index in [1.807, 2.05) is 19.1 Å². The average molecular weight is 243 g/mol. The Morgan fingerprint density at radius 1 is 1.56 bits per heavy atom. The van der Waals surface area contributed by atoms with E-state index in [1.165, 1.54) is 6.08 Å². The van der Waals surface area contributed by atoms with Gasteiger partial charge in [0.05, 0.1) is 19.1 Å². The van der Waals surface area contributed by atoms with E-state index in [2.05, 4.69) is 6.07 Å². The Labute approximate surface area is 105 Å². The molecule has 1 aromatic rings. The molecular formula is C14H13NO3. The van der Waals surface area contributed by atoms with Crippen molar-refractivity contribution < 1.29 is 14.6 Å². The molecule has 1 aromatic carbocycles. The maximum absolute atomic E-state index is 10.8. The number of carboxylic acid groups (broad SMARTS) is 1. The van der Waals surface area contributed by atoms with Crippen LogP contribution < -0.4 is 4.74 Å². The molecule has 2 rings (SSSR count). The highest BCUT2D eigenvalue weighted by atomic mass is 16.5. The minimum atomic E-state index is -0.989. The van der Waals surface area contributed by atoms with Crippen LogP contribution in [0.25, 0.3) is 5.57 Å². The summed E-state index contributed by atoms with van der Waals surface area (Å²) >= 11 is 0. The fourth-order valence-electron chi connectivity index (χ4n) is 2.41. The first-order chi connectivity index (χ1) is 8.58. The number of hydrogen-bond donors (Lipinski definition) is 1. The van der Waals surface area contributed by atoms with Crippen molar-refractivity contribution >= 4 is 11.5 Å². The Morgan fingerprint density at radius 3 is 2.83 bits per heavy atom. The zero-order valence-electron chi connectivity index (χ0n) is 10.2. The van der Waals surface area contributed by atoms with Crippen molar-refractivity contribution in [2.45, 2.75) is 12.8 Å². The van der Waals surface area contributed by atoms with Gasteiger partial charge in [-0.3, -0.25) is 0 Å². The molecule has 0 aliphatic heterocycles. The minimum Gasteiger partial charge on any atom is -0.497 e. The van der Waals surface area contributed by atoms with Gasteiger partial charge in [-0.15, -0.1) is 0 Å². The van der Waals surface area contributed by atoms with Crippen LogP contribution >= 0.6 is 0 Å². The van der Waals surface area contributed by atoms with Crippen molar-refractivity contribution in [1.82, 2.24) is 0 Å². The lowest BCUT2D eigenvalue weighted by Gasteiger charge is -2.08. The van der Waals surface area contributed by atoms with E-state index in [1.54, 1.807) is 13.2 Å². The number of allylic oxidation sites excluding steroid dienone is 1. The van der Waals surface area contributed by atoms with Gasteiger partial charge in [-0.05, 0) is 28.8 Å². The number of nitrogens with zero attached hydrogens (tertiary/aromatic N) is 1.